The van der Waals surface area contributed by atoms with Crippen LogP contribution in [0.3, 0.4) is 0 Å². The first-order valence-corrected chi connectivity index (χ1v) is 9.23. The summed E-state index contributed by atoms with van der Waals surface area (Å²) >= 11 is 0. The smallest absolute Gasteiger partial charge is 0.244 e. The minimum atomic E-state index is -0.383. The third kappa shape index (κ3) is 3.39. The first kappa shape index (κ1) is 17.6. The zero-order valence-corrected chi connectivity index (χ0v) is 15.2. The Bertz CT molecular complexity index is 773. The van der Waals surface area contributed by atoms with E-state index in [0.717, 1.165) is 25.9 Å². The van der Waals surface area contributed by atoms with Crippen molar-refractivity contribution in [2.24, 2.45) is 0 Å². The Morgan fingerprint density at radius 3 is 2.77 bits per heavy atom. The normalized spacial score (nSPS) is 25.8. The van der Waals surface area contributed by atoms with E-state index in [1.165, 1.54) is 6.07 Å². The zero-order valence-electron chi connectivity index (χ0n) is 15.2. The molecule has 0 spiro atoms. The van der Waals surface area contributed by atoms with Crippen molar-refractivity contribution in [3.8, 4) is 11.4 Å². The van der Waals surface area contributed by atoms with Gasteiger partial charge in [0.25, 0.3) is 0 Å². The lowest BCUT2D eigenvalue weighted by Gasteiger charge is -2.37. The molecule has 0 unspecified atom stereocenters. The molecular weight excluding hydrogens is 335 g/mol. The summed E-state index contributed by atoms with van der Waals surface area (Å²) in [6, 6.07) is 5.29. The number of likely N-dealkylation sites (tertiary alicyclic amines) is 2. The van der Waals surface area contributed by atoms with Crippen molar-refractivity contribution in [3.05, 3.63) is 35.5 Å². The molecule has 2 aromatic rings. The number of piperidine rings is 1. The molecule has 0 aliphatic carbocycles. The highest BCUT2D eigenvalue weighted by Crippen LogP contribution is 2.36. The highest BCUT2D eigenvalue weighted by molar-refractivity contribution is 5.55. The minimum Gasteiger partial charge on any atom is -0.392 e. The largest absolute Gasteiger partial charge is 0.392 e. The Morgan fingerprint density at radius 1 is 1.27 bits per heavy atom. The predicted octanol–water partition coefficient (Wildman–Crippen LogP) is 2.39. The van der Waals surface area contributed by atoms with E-state index < -0.39 is 0 Å². The van der Waals surface area contributed by atoms with Crippen LogP contribution in [0, 0.1) is 12.7 Å². The Balaban J connectivity index is 1.56. The zero-order chi connectivity index (χ0) is 18.3. The number of aliphatic hydroxyl groups is 1. The fourth-order valence-corrected chi connectivity index (χ4v) is 4.03. The Kier molecular flexibility index (Phi) is 4.77. The molecule has 0 radical (unpaired) electrons. The molecule has 1 aromatic carbocycles. The van der Waals surface area contributed by atoms with Crippen LogP contribution in [0.15, 0.2) is 22.7 Å². The van der Waals surface area contributed by atoms with Gasteiger partial charge in [0.1, 0.15) is 5.82 Å². The lowest BCUT2D eigenvalue weighted by molar-refractivity contribution is 0.0881. The third-order valence-corrected chi connectivity index (χ3v) is 5.63. The van der Waals surface area contributed by atoms with E-state index in [0.29, 0.717) is 41.8 Å². The van der Waals surface area contributed by atoms with E-state index in [9.17, 15) is 9.50 Å². The molecule has 2 aliphatic heterocycles. The van der Waals surface area contributed by atoms with Gasteiger partial charge in [0.2, 0.25) is 11.7 Å². The lowest BCUT2D eigenvalue weighted by Crippen LogP contribution is -2.43. The van der Waals surface area contributed by atoms with Crippen molar-refractivity contribution in [2.75, 3.05) is 26.7 Å². The Labute approximate surface area is 152 Å². The number of hydrogen-bond acceptors (Lipinski definition) is 6. The first-order chi connectivity index (χ1) is 12.5. The molecule has 7 heteroatoms. The van der Waals surface area contributed by atoms with Gasteiger partial charge in [0.15, 0.2) is 0 Å². The standard InChI is InChI=1S/C19H25FN4O2/c1-12-3-4-13(9-16(12)20)18-21-19(26-22-18)17-10-15(25)11-24(17)14-5-7-23(2)8-6-14/h3-4,9,14-15,17,25H,5-8,10-11H2,1-2H3/t15-,17-/m1/s1. The van der Waals surface area contributed by atoms with Gasteiger partial charge in [-0.3, -0.25) is 4.90 Å². The summed E-state index contributed by atoms with van der Waals surface area (Å²) < 4.78 is 19.3. The van der Waals surface area contributed by atoms with Gasteiger partial charge in [0, 0.05) is 18.2 Å². The number of aromatic nitrogens is 2. The van der Waals surface area contributed by atoms with Crippen LogP contribution in [0.1, 0.15) is 36.8 Å². The summed E-state index contributed by atoms with van der Waals surface area (Å²) in [5, 5.41) is 14.3. The lowest BCUT2D eigenvalue weighted by atomic mass is 10.0. The number of benzene rings is 1. The van der Waals surface area contributed by atoms with Crippen LogP contribution in [-0.2, 0) is 0 Å². The fraction of sp³-hybridized carbons (Fsp3) is 0.579. The Hall–Kier alpha value is -1.83. The molecule has 0 saturated carbocycles. The molecule has 2 atom stereocenters. The highest BCUT2D eigenvalue weighted by atomic mass is 19.1. The van der Waals surface area contributed by atoms with Crippen LogP contribution >= 0.6 is 0 Å². The van der Waals surface area contributed by atoms with E-state index in [-0.39, 0.29) is 18.0 Å². The monoisotopic (exact) mass is 360 g/mol. The number of rotatable bonds is 3. The quantitative estimate of drug-likeness (QED) is 0.907. The predicted molar refractivity (Wildman–Crippen MR) is 95.0 cm³/mol. The van der Waals surface area contributed by atoms with Crippen LogP contribution in [0.4, 0.5) is 4.39 Å². The molecular formula is C19H25FN4O2. The van der Waals surface area contributed by atoms with E-state index >= 15 is 0 Å². The number of hydrogen-bond donors (Lipinski definition) is 1. The van der Waals surface area contributed by atoms with E-state index in [1.54, 1.807) is 19.1 Å². The average molecular weight is 360 g/mol. The highest BCUT2D eigenvalue weighted by Gasteiger charge is 2.40. The molecule has 0 amide bonds. The number of halogens is 1. The van der Waals surface area contributed by atoms with Crippen molar-refractivity contribution in [3.63, 3.8) is 0 Å². The summed E-state index contributed by atoms with van der Waals surface area (Å²) in [5.74, 6) is 0.623. The Morgan fingerprint density at radius 2 is 2.04 bits per heavy atom. The maximum Gasteiger partial charge on any atom is 0.244 e. The first-order valence-electron chi connectivity index (χ1n) is 9.23. The van der Waals surface area contributed by atoms with Gasteiger partial charge in [-0.05, 0) is 58.0 Å². The molecule has 6 nitrogen and oxygen atoms in total. The number of β-amino-alcohol motifs (C(OH)–C–C–N with tert-alkyl or cyclic N) is 1. The van der Waals surface area contributed by atoms with Crippen molar-refractivity contribution >= 4 is 0 Å². The fourth-order valence-electron chi connectivity index (χ4n) is 4.03. The molecule has 0 bridgehead atoms. The molecule has 4 rings (SSSR count). The summed E-state index contributed by atoms with van der Waals surface area (Å²) in [7, 11) is 2.14. The SMILES string of the molecule is Cc1ccc(-c2noc([C@H]3C[C@@H](O)CN3C3CCN(C)CC3)n2)cc1F. The molecule has 140 valence electrons. The summed E-state index contributed by atoms with van der Waals surface area (Å²) in [4.78, 5) is 9.16. The molecule has 1 N–H and O–H groups in total. The van der Waals surface area contributed by atoms with Gasteiger partial charge in [-0.1, -0.05) is 17.3 Å². The molecule has 2 aliphatic rings. The second-order valence-corrected chi connectivity index (χ2v) is 7.56. The van der Waals surface area contributed by atoms with Gasteiger partial charge >= 0.3 is 0 Å². The van der Waals surface area contributed by atoms with Crippen molar-refractivity contribution in [1.82, 2.24) is 19.9 Å². The number of aliphatic hydroxyl groups excluding tert-OH is 1. The molecule has 1 aromatic heterocycles. The second kappa shape index (κ2) is 7.06. The van der Waals surface area contributed by atoms with Gasteiger partial charge in [-0.15, -0.1) is 0 Å². The summed E-state index contributed by atoms with van der Waals surface area (Å²) in [6.45, 7) is 4.47. The maximum absolute atomic E-state index is 13.8. The topological polar surface area (TPSA) is 65.6 Å². The van der Waals surface area contributed by atoms with Crippen LogP contribution in [0.25, 0.3) is 11.4 Å². The second-order valence-electron chi connectivity index (χ2n) is 7.56. The summed E-state index contributed by atoms with van der Waals surface area (Å²) in [5.41, 5.74) is 1.19. The van der Waals surface area contributed by atoms with Crippen molar-refractivity contribution in [1.29, 1.82) is 0 Å². The number of aryl methyl sites for hydroxylation is 1. The number of nitrogens with zero attached hydrogens (tertiary/aromatic N) is 4. The van der Waals surface area contributed by atoms with Gasteiger partial charge in [0.05, 0.1) is 12.1 Å². The minimum absolute atomic E-state index is 0.0741. The van der Waals surface area contributed by atoms with Gasteiger partial charge < -0.3 is 14.5 Å². The van der Waals surface area contributed by atoms with Crippen LogP contribution in [0.2, 0.25) is 0 Å². The van der Waals surface area contributed by atoms with Crippen LogP contribution < -0.4 is 0 Å². The average Bonchev–Trinajstić information content (AvgIpc) is 3.25. The molecule has 26 heavy (non-hydrogen) atoms. The van der Waals surface area contributed by atoms with Crippen LogP contribution in [0.5, 0.6) is 0 Å². The van der Waals surface area contributed by atoms with Crippen molar-refractivity contribution < 1.29 is 14.0 Å². The van der Waals surface area contributed by atoms with E-state index in [2.05, 4.69) is 27.0 Å². The van der Waals surface area contributed by atoms with Gasteiger partial charge in [-0.2, -0.15) is 4.98 Å². The maximum atomic E-state index is 13.8. The third-order valence-electron chi connectivity index (χ3n) is 5.63. The van der Waals surface area contributed by atoms with E-state index in [4.69, 9.17) is 4.52 Å². The molecule has 2 fully saturated rings. The van der Waals surface area contributed by atoms with E-state index in [1.807, 2.05) is 0 Å². The summed E-state index contributed by atoms with van der Waals surface area (Å²) in [6.07, 6.45) is 2.36. The van der Waals surface area contributed by atoms with Gasteiger partial charge in [-0.25, -0.2) is 4.39 Å². The van der Waals surface area contributed by atoms with Crippen molar-refractivity contribution in [2.45, 2.75) is 44.4 Å². The van der Waals surface area contributed by atoms with Crippen LogP contribution in [-0.4, -0.2) is 63.9 Å². The molecule has 2 saturated heterocycles. The molecule has 3 heterocycles.